The summed E-state index contributed by atoms with van der Waals surface area (Å²) in [5, 5.41) is 3.54. The van der Waals surface area contributed by atoms with Gasteiger partial charge < -0.3 is 10.1 Å². The lowest BCUT2D eigenvalue weighted by atomic mass is 9.94. The maximum atomic E-state index is 5.45. The third kappa shape index (κ3) is 4.33. The van der Waals surface area contributed by atoms with Crippen LogP contribution in [-0.4, -0.2) is 13.7 Å². The van der Waals surface area contributed by atoms with E-state index in [1.165, 1.54) is 24.8 Å². The van der Waals surface area contributed by atoms with Crippen LogP contribution in [0, 0.1) is 5.92 Å². The van der Waals surface area contributed by atoms with Crippen LogP contribution in [0.2, 0.25) is 0 Å². The molecule has 0 heterocycles. The molecule has 0 bridgehead atoms. The Kier molecular flexibility index (Phi) is 5.92. The summed E-state index contributed by atoms with van der Waals surface area (Å²) in [6, 6.07) is 4.12. The Morgan fingerprint density at radius 3 is 2.84 bits per heavy atom. The predicted octanol–water partition coefficient (Wildman–Crippen LogP) is 4.67. The van der Waals surface area contributed by atoms with Crippen LogP contribution in [0.25, 0.3) is 0 Å². The molecule has 0 aromatic heterocycles. The van der Waals surface area contributed by atoms with Crippen molar-refractivity contribution in [3.05, 3.63) is 38.8 Å². The number of halogens is 2. The Hall–Kier alpha value is -0.320. The normalized spacial score (nSPS) is 18.6. The minimum Gasteiger partial charge on any atom is -0.495 e. The molecule has 0 radical (unpaired) electrons. The van der Waals surface area contributed by atoms with Crippen LogP contribution in [0.3, 0.4) is 0 Å². The van der Waals surface area contributed by atoms with Gasteiger partial charge in [-0.3, -0.25) is 0 Å². The highest BCUT2D eigenvalue weighted by Crippen LogP contribution is 2.32. The summed E-state index contributed by atoms with van der Waals surface area (Å²) >= 11 is 7.06. The van der Waals surface area contributed by atoms with E-state index in [0.29, 0.717) is 0 Å². The Labute approximate surface area is 131 Å². The number of benzene rings is 1. The van der Waals surface area contributed by atoms with Gasteiger partial charge in [-0.15, -0.1) is 0 Å². The Balaban J connectivity index is 1.93. The lowest BCUT2D eigenvalue weighted by Crippen LogP contribution is -2.23. The van der Waals surface area contributed by atoms with E-state index < -0.39 is 0 Å². The zero-order valence-corrected chi connectivity index (χ0v) is 14.3. The molecular formula is C15H19Br2NO. The van der Waals surface area contributed by atoms with Crippen molar-refractivity contribution in [2.24, 2.45) is 5.92 Å². The SMILES string of the molecule is COc1c(Br)cc(Br)cc1CNCC1CC=CCC1. The summed E-state index contributed by atoms with van der Waals surface area (Å²) in [5.74, 6) is 1.69. The lowest BCUT2D eigenvalue weighted by molar-refractivity contribution is 0.399. The predicted molar refractivity (Wildman–Crippen MR) is 86.6 cm³/mol. The summed E-state index contributed by atoms with van der Waals surface area (Å²) in [4.78, 5) is 0. The van der Waals surface area contributed by atoms with Crippen LogP contribution in [0.4, 0.5) is 0 Å². The Morgan fingerprint density at radius 1 is 1.32 bits per heavy atom. The number of rotatable bonds is 5. The second-order valence-electron chi connectivity index (χ2n) is 4.86. The topological polar surface area (TPSA) is 21.3 Å². The van der Waals surface area contributed by atoms with E-state index in [4.69, 9.17) is 4.74 Å². The van der Waals surface area contributed by atoms with Gasteiger partial charge in [0.15, 0.2) is 0 Å². The average molecular weight is 389 g/mol. The molecule has 1 atom stereocenters. The standard InChI is InChI=1S/C15H19Br2NO/c1-19-15-12(7-13(16)8-14(15)17)10-18-9-11-5-3-2-4-6-11/h2-3,7-8,11,18H,4-6,9-10H2,1H3. The number of nitrogens with one attached hydrogen (secondary N) is 1. The van der Waals surface area contributed by atoms with E-state index in [0.717, 1.165) is 33.7 Å². The molecule has 1 unspecified atom stereocenters. The van der Waals surface area contributed by atoms with Crippen molar-refractivity contribution >= 4 is 31.9 Å². The largest absolute Gasteiger partial charge is 0.495 e. The maximum absolute atomic E-state index is 5.45. The van der Waals surface area contributed by atoms with Crippen LogP contribution >= 0.6 is 31.9 Å². The molecule has 0 fully saturated rings. The Bertz CT molecular complexity index is 460. The van der Waals surface area contributed by atoms with E-state index in [2.05, 4.69) is 55.4 Å². The highest BCUT2D eigenvalue weighted by Gasteiger charge is 2.12. The van der Waals surface area contributed by atoms with Crippen LogP contribution in [-0.2, 0) is 6.54 Å². The summed E-state index contributed by atoms with van der Waals surface area (Å²) in [5.41, 5.74) is 1.18. The molecule has 0 aliphatic heterocycles. The molecule has 0 spiro atoms. The van der Waals surface area contributed by atoms with Crippen LogP contribution in [0.15, 0.2) is 33.2 Å². The molecule has 1 aromatic carbocycles. The Morgan fingerprint density at radius 2 is 2.16 bits per heavy atom. The maximum Gasteiger partial charge on any atom is 0.137 e. The fraction of sp³-hybridized carbons (Fsp3) is 0.467. The van der Waals surface area contributed by atoms with Gasteiger partial charge in [0.25, 0.3) is 0 Å². The fourth-order valence-corrected chi connectivity index (χ4v) is 3.90. The van der Waals surface area contributed by atoms with Gasteiger partial charge >= 0.3 is 0 Å². The lowest BCUT2D eigenvalue weighted by Gasteiger charge is -2.19. The first-order chi connectivity index (χ1) is 9.20. The first-order valence-electron chi connectivity index (χ1n) is 6.58. The first-order valence-corrected chi connectivity index (χ1v) is 8.17. The molecule has 1 aliphatic rings. The monoisotopic (exact) mass is 387 g/mol. The van der Waals surface area contributed by atoms with E-state index in [1.54, 1.807) is 7.11 Å². The smallest absolute Gasteiger partial charge is 0.137 e. The highest BCUT2D eigenvalue weighted by molar-refractivity contribution is 9.11. The number of allylic oxidation sites excluding steroid dienone is 2. The van der Waals surface area contributed by atoms with Crippen molar-refractivity contribution in [1.82, 2.24) is 5.32 Å². The van der Waals surface area contributed by atoms with Gasteiger partial charge in [0.05, 0.1) is 11.6 Å². The molecule has 2 nitrogen and oxygen atoms in total. The number of ether oxygens (including phenoxy) is 1. The van der Waals surface area contributed by atoms with Gasteiger partial charge in [-0.1, -0.05) is 28.1 Å². The average Bonchev–Trinajstić information content (AvgIpc) is 2.39. The second-order valence-corrected chi connectivity index (χ2v) is 6.63. The van der Waals surface area contributed by atoms with Gasteiger partial charge in [-0.25, -0.2) is 0 Å². The number of hydrogen-bond acceptors (Lipinski definition) is 2. The van der Waals surface area contributed by atoms with E-state index in [-0.39, 0.29) is 0 Å². The van der Waals surface area contributed by atoms with E-state index in [9.17, 15) is 0 Å². The van der Waals surface area contributed by atoms with Crippen molar-refractivity contribution in [3.63, 3.8) is 0 Å². The summed E-state index contributed by atoms with van der Waals surface area (Å²) in [6.45, 7) is 1.90. The van der Waals surface area contributed by atoms with E-state index in [1.807, 2.05) is 6.07 Å². The molecule has 2 rings (SSSR count). The number of hydrogen-bond donors (Lipinski definition) is 1. The van der Waals surface area contributed by atoms with Crippen LogP contribution in [0.1, 0.15) is 24.8 Å². The molecule has 1 aliphatic carbocycles. The van der Waals surface area contributed by atoms with Gasteiger partial charge in [0.1, 0.15) is 5.75 Å². The summed E-state index contributed by atoms with van der Waals surface area (Å²) in [6.07, 6.45) is 8.30. The van der Waals surface area contributed by atoms with Crippen molar-refractivity contribution < 1.29 is 4.74 Å². The van der Waals surface area contributed by atoms with Gasteiger partial charge in [-0.2, -0.15) is 0 Å². The van der Waals surface area contributed by atoms with Gasteiger partial charge in [-0.05, 0) is 59.8 Å². The first kappa shape index (κ1) is 15.1. The van der Waals surface area contributed by atoms with Crippen LogP contribution in [0.5, 0.6) is 5.75 Å². The zero-order chi connectivity index (χ0) is 13.7. The summed E-state index contributed by atoms with van der Waals surface area (Å²) < 4.78 is 7.51. The number of methoxy groups -OCH3 is 1. The van der Waals surface area contributed by atoms with Crippen molar-refractivity contribution in [1.29, 1.82) is 0 Å². The minimum absolute atomic E-state index is 0.770. The van der Waals surface area contributed by atoms with Crippen molar-refractivity contribution in [2.45, 2.75) is 25.8 Å². The van der Waals surface area contributed by atoms with Crippen molar-refractivity contribution in [2.75, 3.05) is 13.7 Å². The molecule has 1 N–H and O–H groups in total. The zero-order valence-electron chi connectivity index (χ0n) is 11.1. The third-order valence-corrected chi connectivity index (χ3v) is 4.46. The molecule has 1 aromatic rings. The van der Waals surface area contributed by atoms with Crippen molar-refractivity contribution in [3.8, 4) is 5.75 Å². The molecule has 0 saturated heterocycles. The summed E-state index contributed by atoms with van der Waals surface area (Å²) in [7, 11) is 1.71. The molecule has 0 amide bonds. The van der Waals surface area contributed by atoms with E-state index >= 15 is 0 Å². The highest BCUT2D eigenvalue weighted by atomic mass is 79.9. The molecule has 19 heavy (non-hydrogen) atoms. The fourth-order valence-electron chi connectivity index (χ4n) is 2.43. The minimum atomic E-state index is 0.770. The molecule has 104 valence electrons. The molecule has 0 saturated carbocycles. The molecular weight excluding hydrogens is 370 g/mol. The second kappa shape index (κ2) is 7.46. The third-order valence-electron chi connectivity index (χ3n) is 3.42. The van der Waals surface area contributed by atoms with Gasteiger partial charge in [0, 0.05) is 16.6 Å². The van der Waals surface area contributed by atoms with Gasteiger partial charge in [0.2, 0.25) is 0 Å². The van der Waals surface area contributed by atoms with Crippen LogP contribution < -0.4 is 10.1 Å². The molecule has 4 heteroatoms. The quantitative estimate of drug-likeness (QED) is 0.740.